The van der Waals surface area contributed by atoms with Gasteiger partial charge in [0.25, 0.3) is 0 Å². The molecule has 1 saturated heterocycles. The molecule has 1 aromatic rings. The van der Waals surface area contributed by atoms with Gasteiger partial charge in [0.1, 0.15) is 5.82 Å². The molecule has 3 heterocycles. The average molecular weight is 563 g/mol. The van der Waals surface area contributed by atoms with E-state index in [0.717, 1.165) is 51.6 Å². The molecule has 218 valence electrons. The largest absolute Gasteiger partial charge is 0.490 e. The molecular weight excluding hydrogens is 530 g/mol. The maximum absolute atomic E-state index is 12.5. The molecule has 3 N–H and O–H groups in total. The summed E-state index contributed by atoms with van der Waals surface area (Å²) >= 11 is 0. The van der Waals surface area contributed by atoms with E-state index in [9.17, 15) is 31.1 Å². The molecule has 1 fully saturated rings. The Balaban J connectivity index is 0.000000426. The lowest BCUT2D eigenvalue weighted by molar-refractivity contribution is -0.193. The van der Waals surface area contributed by atoms with Gasteiger partial charge in [0.2, 0.25) is 0 Å². The van der Waals surface area contributed by atoms with E-state index in [0.29, 0.717) is 12.5 Å². The first-order valence-electron chi connectivity index (χ1n) is 11.5. The van der Waals surface area contributed by atoms with E-state index < -0.39 is 24.3 Å². The third-order valence-corrected chi connectivity index (χ3v) is 5.36. The van der Waals surface area contributed by atoms with E-state index in [-0.39, 0.29) is 12.1 Å². The summed E-state index contributed by atoms with van der Waals surface area (Å²) in [5.41, 5.74) is 0. The Morgan fingerprint density at radius 1 is 1.00 bits per heavy atom. The van der Waals surface area contributed by atoms with Gasteiger partial charge < -0.3 is 34.8 Å². The fraction of sp³-hybridized carbons (Fsp3) is 0.714. The molecule has 0 saturated carbocycles. The second kappa shape index (κ2) is 14.2. The zero-order valence-corrected chi connectivity index (χ0v) is 21.1. The first-order valence-corrected chi connectivity index (χ1v) is 11.5. The predicted octanol–water partition coefficient (Wildman–Crippen LogP) is 1.95. The van der Waals surface area contributed by atoms with E-state index in [1.54, 1.807) is 0 Å². The topological polar surface area (TPSA) is 131 Å². The number of amides is 2. The number of hydrogen-bond acceptors (Lipinski definition) is 6. The maximum atomic E-state index is 12.5. The number of nitrogens with one attached hydrogen (secondary N) is 1. The summed E-state index contributed by atoms with van der Waals surface area (Å²) in [5.74, 6) is -4.10. The third-order valence-electron chi connectivity index (χ3n) is 5.36. The fourth-order valence-electron chi connectivity index (χ4n) is 3.54. The first kappa shape index (κ1) is 32.9. The normalized spacial score (nSPS) is 18.8. The lowest BCUT2D eigenvalue weighted by Crippen LogP contribution is -2.49. The highest BCUT2D eigenvalue weighted by Gasteiger charge is 2.39. The Kier molecular flexibility index (Phi) is 12.3. The molecule has 0 aromatic carbocycles. The molecule has 17 heteroatoms. The number of urea groups is 1. The number of piperazine rings is 1. The van der Waals surface area contributed by atoms with Crippen LogP contribution in [0.4, 0.5) is 31.1 Å². The number of carbonyl (C=O) groups is 3. The van der Waals surface area contributed by atoms with Crippen LogP contribution in [0, 0.1) is 5.92 Å². The molecule has 0 radical (unpaired) electrons. The molecule has 0 spiro atoms. The van der Waals surface area contributed by atoms with Gasteiger partial charge in [-0.05, 0) is 20.9 Å². The zero-order valence-electron chi connectivity index (χ0n) is 21.1. The van der Waals surface area contributed by atoms with E-state index >= 15 is 0 Å². The summed E-state index contributed by atoms with van der Waals surface area (Å²) in [7, 11) is 2.18. The molecule has 3 rings (SSSR count). The Bertz CT molecular complexity index is 891. The minimum atomic E-state index is -5.08. The van der Waals surface area contributed by atoms with Gasteiger partial charge in [0, 0.05) is 70.2 Å². The number of carboxylic acid groups (broad SMARTS) is 2. The van der Waals surface area contributed by atoms with Crippen LogP contribution in [0.5, 0.6) is 0 Å². The summed E-state index contributed by atoms with van der Waals surface area (Å²) in [4.78, 5) is 41.6. The van der Waals surface area contributed by atoms with Crippen molar-refractivity contribution in [3.63, 3.8) is 0 Å². The summed E-state index contributed by atoms with van der Waals surface area (Å²) in [6, 6.07) is 0.168. The van der Waals surface area contributed by atoms with Crippen LogP contribution >= 0.6 is 0 Å². The van der Waals surface area contributed by atoms with Gasteiger partial charge in [0.05, 0.1) is 6.54 Å². The number of aromatic nitrogens is 2. The molecule has 0 aliphatic carbocycles. The van der Waals surface area contributed by atoms with Gasteiger partial charge >= 0.3 is 30.3 Å². The quantitative estimate of drug-likeness (QED) is 0.477. The van der Waals surface area contributed by atoms with Crippen molar-refractivity contribution in [1.29, 1.82) is 0 Å². The molecule has 2 amide bonds. The molecule has 0 bridgehead atoms. The Hall–Kier alpha value is -3.08. The van der Waals surface area contributed by atoms with Crippen LogP contribution < -0.4 is 5.32 Å². The van der Waals surface area contributed by atoms with Crippen LogP contribution in [-0.2, 0) is 22.7 Å². The minimum absolute atomic E-state index is 0.0184. The first-order chi connectivity index (χ1) is 17.4. The lowest BCUT2D eigenvalue weighted by atomic mass is 10.1. The molecule has 11 nitrogen and oxygen atoms in total. The van der Waals surface area contributed by atoms with Gasteiger partial charge in [0.15, 0.2) is 0 Å². The van der Waals surface area contributed by atoms with Crippen molar-refractivity contribution in [2.45, 2.75) is 45.3 Å². The highest BCUT2D eigenvalue weighted by atomic mass is 19.4. The number of nitrogens with zero attached hydrogens (tertiary/aromatic N) is 5. The van der Waals surface area contributed by atoms with Crippen LogP contribution in [0.3, 0.4) is 0 Å². The molecule has 1 atom stereocenters. The summed E-state index contributed by atoms with van der Waals surface area (Å²) in [6.45, 7) is 11.8. The number of aliphatic carboxylic acids is 2. The van der Waals surface area contributed by atoms with E-state index in [1.165, 1.54) is 0 Å². The number of halogens is 6. The van der Waals surface area contributed by atoms with Gasteiger partial charge in [-0.15, -0.1) is 0 Å². The Labute approximate surface area is 215 Å². The fourth-order valence-corrected chi connectivity index (χ4v) is 3.54. The van der Waals surface area contributed by atoms with Gasteiger partial charge in [-0.25, -0.2) is 19.4 Å². The monoisotopic (exact) mass is 562 g/mol. The summed E-state index contributed by atoms with van der Waals surface area (Å²) in [5, 5.41) is 17.3. The van der Waals surface area contributed by atoms with Gasteiger partial charge in [-0.1, -0.05) is 0 Å². The average Bonchev–Trinajstić information content (AvgIpc) is 3.12. The van der Waals surface area contributed by atoms with Crippen molar-refractivity contribution in [3.05, 3.63) is 18.2 Å². The molecular formula is C21H32F6N6O5. The smallest absolute Gasteiger partial charge is 0.475 e. The molecule has 1 aromatic heterocycles. The van der Waals surface area contributed by atoms with Crippen LogP contribution in [0.15, 0.2) is 12.4 Å². The van der Waals surface area contributed by atoms with E-state index in [1.807, 2.05) is 31.1 Å². The van der Waals surface area contributed by atoms with Crippen molar-refractivity contribution in [2.24, 2.45) is 5.92 Å². The summed E-state index contributed by atoms with van der Waals surface area (Å²) < 4.78 is 65.7. The van der Waals surface area contributed by atoms with Crippen molar-refractivity contribution in [2.75, 3.05) is 46.3 Å². The molecule has 2 aliphatic rings. The Morgan fingerprint density at radius 3 is 1.95 bits per heavy atom. The summed E-state index contributed by atoms with van der Waals surface area (Å²) in [6.07, 6.45) is -6.29. The predicted molar refractivity (Wildman–Crippen MR) is 121 cm³/mol. The lowest BCUT2D eigenvalue weighted by Gasteiger charge is -2.35. The van der Waals surface area contributed by atoms with Crippen LogP contribution in [0.2, 0.25) is 0 Å². The molecule has 2 aliphatic heterocycles. The number of fused-ring (bicyclic) bond motifs is 1. The standard InChI is InChI=1S/C17H30N6O.2C2HF3O2/c1-14(2)19-17(24)23-12-15(10-21-8-6-20(3)7-9-21)11-22-5-4-18-16(22)13-23;2*3-2(4,5)1(6)7/h4-5,14-15H,6-13H2,1-3H3,(H,19,24);2*(H,6,7). The number of imidazole rings is 1. The highest BCUT2D eigenvalue weighted by molar-refractivity contribution is 5.74. The maximum Gasteiger partial charge on any atom is 0.490 e. The second-order valence-corrected chi connectivity index (χ2v) is 9.06. The van der Waals surface area contributed by atoms with Crippen molar-refractivity contribution >= 4 is 18.0 Å². The van der Waals surface area contributed by atoms with Crippen LogP contribution in [0.25, 0.3) is 0 Å². The second-order valence-electron chi connectivity index (χ2n) is 9.06. The number of hydrogen-bond donors (Lipinski definition) is 3. The number of rotatable bonds is 3. The number of likely N-dealkylation sites (N-methyl/N-ethyl adjacent to an activating group) is 1. The number of carbonyl (C=O) groups excluding carboxylic acids is 1. The van der Waals surface area contributed by atoms with Crippen molar-refractivity contribution < 1.29 is 50.9 Å². The van der Waals surface area contributed by atoms with E-state index in [4.69, 9.17) is 19.8 Å². The number of carboxylic acids is 2. The highest BCUT2D eigenvalue weighted by Crippen LogP contribution is 2.18. The number of alkyl halides is 6. The molecule has 1 unspecified atom stereocenters. The minimum Gasteiger partial charge on any atom is -0.475 e. The van der Waals surface area contributed by atoms with Crippen LogP contribution in [0.1, 0.15) is 19.7 Å². The van der Waals surface area contributed by atoms with Gasteiger partial charge in [-0.3, -0.25) is 0 Å². The Morgan fingerprint density at radius 2 is 1.50 bits per heavy atom. The molecule has 38 heavy (non-hydrogen) atoms. The van der Waals surface area contributed by atoms with Gasteiger partial charge in [-0.2, -0.15) is 26.3 Å². The zero-order chi connectivity index (χ0) is 29.3. The van der Waals surface area contributed by atoms with Crippen molar-refractivity contribution in [3.8, 4) is 0 Å². The van der Waals surface area contributed by atoms with Crippen LogP contribution in [-0.4, -0.2) is 117 Å². The SMILES string of the molecule is CC(C)NC(=O)N1Cc2nccn2CC(CN2CCN(C)CC2)C1.O=C(O)C(F)(F)F.O=C(O)C(F)(F)F. The third kappa shape index (κ3) is 12.0. The van der Waals surface area contributed by atoms with E-state index in [2.05, 4.69) is 31.7 Å². The van der Waals surface area contributed by atoms with Crippen molar-refractivity contribution in [1.82, 2.24) is 29.6 Å².